The average molecular weight is 889 g/mol. The van der Waals surface area contributed by atoms with Crippen molar-refractivity contribution in [3.8, 4) is 0 Å². The molecule has 0 aromatic rings. The summed E-state index contributed by atoms with van der Waals surface area (Å²) in [6.45, 7) is 6.47. The molecule has 0 heterocycles. The minimum absolute atomic E-state index is 0.0819. The van der Waals surface area contributed by atoms with Crippen molar-refractivity contribution in [3.05, 3.63) is 24.3 Å². The predicted molar refractivity (Wildman–Crippen MR) is 273 cm³/mol. The van der Waals surface area contributed by atoms with E-state index in [-0.39, 0.29) is 24.9 Å². The van der Waals surface area contributed by atoms with Crippen LogP contribution in [0.5, 0.6) is 0 Å². The lowest BCUT2D eigenvalue weighted by Crippen LogP contribution is -2.46. The second kappa shape index (κ2) is 51.3. The van der Waals surface area contributed by atoms with E-state index in [1.807, 2.05) is 0 Å². The topological polar surface area (TPSA) is 95.9 Å². The van der Waals surface area contributed by atoms with Crippen molar-refractivity contribution in [2.24, 2.45) is 0 Å². The predicted octanol–water partition coefficient (Wildman–Crippen LogP) is 17.1. The average Bonchev–Trinajstić information content (AvgIpc) is 3.28. The lowest BCUT2D eigenvalue weighted by Gasteiger charge is -2.24. The molecule has 0 saturated heterocycles. The van der Waals surface area contributed by atoms with Crippen molar-refractivity contribution in [2.45, 2.75) is 322 Å². The van der Waals surface area contributed by atoms with Crippen LogP contribution in [0.25, 0.3) is 0 Å². The van der Waals surface area contributed by atoms with Crippen LogP contribution in [0.4, 0.5) is 0 Å². The van der Waals surface area contributed by atoms with Gasteiger partial charge in [-0.2, -0.15) is 0 Å². The van der Waals surface area contributed by atoms with Gasteiger partial charge in [-0.15, -0.1) is 0 Å². The summed E-state index contributed by atoms with van der Waals surface area (Å²) < 4.78 is 5.96. The molecule has 0 saturated carbocycles. The van der Waals surface area contributed by atoms with E-state index in [0.717, 1.165) is 57.8 Å². The molecule has 0 rings (SSSR count). The van der Waals surface area contributed by atoms with Gasteiger partial charge in [0, 0.05) is 6.42 Å². The zero-order chi connectivity index (χ0) is 45.9. The van der Waals surface area contributed by atoms with Gasteiger partial charge in [-0.3, -0.25) is 9.59 Å². The number of hydrogen-bond acceptors (Lipinski definition) is 5. The zero-order valence-electron chi connectivity index (χ0n) is 42.5. The van der Waals surface area contributed by atoms with Gasteiger partial charge >= 0.3 is 5.97 Å². The molecule has 0 fully saturated rings. The van der Waals surface area contributed by atoms with E-state index in [2.05, 4.69) is 50.4 Å². The number of hydrogen-bond donors (Lipinski definition) is 3. The van der Waals surface area contributed by atoms with Crippen molar-refractivity contribution in [3.63, 3.8) is 0 Å². The highest BCUT2D eigenvalue weighted by molar-refractivity contribution is 5.77. The number of carbonyl (C=O) groups is 2. The van der Waals surface area contributed by atoms with E-state index in [4.69, 9.17) is 4.74 Å². The Labute approximate surface area is 392 Å². The molecule has 0 aromatic heterocycles. The molecule has 372 valence electrons. The maximum atomic E-state index is 13.2. The van der Waals surface area contributed by atoms with Crippen LogP contribution < -0.4 is 5.32 Å². The number of unbranched alkanes of at least 4 members (excludes halogenated alkanes) is 35. The number of carbonyl (C=O) groups excluding carboxylic acids is 2. The summed E-state index contributed by atoms with van der Waals surface area (Å²) in [6, 6.07) is -0.696. The summed E-state index contributed by atoms with van der Waals surface area (Å²) in [7, 11) is 0. The van der Waals surface area contributed by atoms with Crippen molar-refractivity contribution in [1.82, 2.24) is 5.32 Å². The number of aliphatic hydroxyl groups excluding tert-OH is 2. The summed E-state index contributed by atoms with van der Waals surface area (Å²) in [5.74, 6) is -0.461. The SMILES string of the molecule is CCCCC/C=C\C/C=C\CCCCCCCCCCCC(=O)OC(CCCCCCCCCCCCCCCCCC)CC(=O)NC(CO)C(O)CCCCCCCCCCC. The summed E-state index contributed by atoms with van der Waals surface area (Å²) in [4.78, 5) is 26.2. The quantitative estimate of drug-likeness (QED) is 0.0321. The van der Waals surface area contributed by atoms with Gasteiger partial charge in [0.25, 0.3) is 0 Å². The van der Waals surface area contributed by atoms with Gasteiger partial charge in [0.2, 0.25) is 5.91 Å². The van der Waals surface area contributed by atoms with Crippen molar-refractivity contribution < 1.29 is 24.5 Å². The Kier molecular flexibility index (Phi) is 50.0. The van der Waals surface area contributed by atoms with E-state index in [9.17, 15) is 19.8 Å². The normalized spacial score (nSPS) is 13.3. The number of aliphatic hydroxyl groups is 2. The van der Waals surface area contributed by atoms with Crippen LogP contribution in [0.15, 0.2) is 24.3 Å². The Morgan fingerprint density at radius 1 is 0.460 bits per heavy atom. The van der Waals surface area contributed by atoms with E-state index < -0.39 is 18.2 Å². The van der Waals surface area contributed by atoms with Crippen LogP contribution in [0.3, 0.4) is 0 Å². The highest BCUT2D eigenvalue weighted by Gasteiger charge is 2.24. The molecule has 0 aliphatic heterocycles. The molecule has 3 unspecified atom stereocenters. The van der Waals surface area contributed by atoms with Crippen LogP contribution >= 0.6 is 0 Å². The van der Waals surface area contributed by atoms with Gasteiger partial charge in [0.15, 0.2) is 0 Å². The van der Waals surface area contributed by atoms with E-state index in [1.165, 1.54) is 199 Å². The molecule has 63 heavy (non-hydrogen) atoms. The van der Waals surface area contributed by atoms with Crippen LogP contribution in [0, 0.1) is 0 Å². The number of esters is 1. The van der Waals surface area contributed by atoms with Crippen molar-refractivity contribution >= 4 is 11.9 Å². The third kappa shape index (κ3) is 46.7. The van der Waals surface area contributed by atoms with Crippen molar-refractivity contribution in [2.75, 3.05) is 6.61 Å². The largest absolute Gasteiger partial charge is 0.462 e. The van der Waals surface area contributed by atoms with Gasteiger partial charge in [-0.05, 0) is 57.8 Å². The van der Waals surface area contributed by atoms with Gasteiger partial charge < -0.3 is 20.3 Å². The molecule has 0 bridgehead atoms. The highest BCUT2D eigenvalue weighted by Crippen LogP contribution is 2.19. The third-order valence-corrected chi connectivity index (χ3v) is 13.0. The summed E-state index contributed by atoms with van der Waals surface area (Å²) in [5, 5.41) is 23.7. The summed E-state index contributed by atoms with van der Waals surface area (Å²) >= 11 is 0. The zero-order valence-corrected chi connectivity index (χ0v) is 42.5. The Hall–Kier alpha value is -1.66. The Balaban J connectivity index is 4.48. The molecule has 0 aliphatic rings. The number of allylic oxidation sites excluding steroid dienone is 4. The molecule has 6 heteroatoms. The van der Waals surface area contributed by atoms with E-state index in [0.29, 0.717) is 19.3 Å². The van der Waals surface area contributed by atoms with Gasteiger partial charge in [-0.25, -0.2) is 0 Å². The summed E-state index contributed by atoms with van der Waals surface area (Å²) in [5.41, 5.74) is 0. The van der Waals surface area contributed by atoms with Crippen LogP contribution in [0.1, 0.15) is 303 Å². The first-order chi connectivity index (χ1) is 31.0. The molecule has 3 atom stereocenters. The third-order valence-electron chi connectivity index (χ3n) is 13.0. The molecular weight excluding hydrogens is 779 g/mol. The van der Waals surface area contributed by atoms with E-state index in [1.54, 1.807) is 0 Å². The molecule has 0 spiro atoms. The first-order valence-electron chi connectivity index (χ1n) is 28.1. The molecule has 1 amide bonds. The molecule has 0 aliphatic carbocycles. The molecule has 0 aromatic carbocycles. The fraction of sp³-hybridized carbons (Fsp3) is 0.895. The lowest BCUT2D eigenvalue weighted by atomic mass is 10.0. The second-order valence-electron chi connectivity index (χ2n) is 19.3. The van der Waals surface area contributed by atoms with Gasteiger partial charge in [-0.1, -0.05) is 257 Å². The maximum Gasteiger partial charge on any atom is 0.306 e. The van der Waals surface area contributed by atoms with Crippen LogP contribution in [0.2, 0.25) is 0 Å². The monoisotopic (exact) mass is 888 g/mol. The minimum Gasteiger partial charge on any atom is -0.462 e. The van der Waals surface area contributed by atoms with Crippen LogP contribution in [-0.4, -0.2) is 46.9 Å². The molecule has 0 radical (unpaired) electrons. The van der Waals surface area contributed by atoms with Crippen LogP contribution in [-0.2, 0) is 14.3 Å². The standard InChI is InChI=1S/C57H109NO5/c1-4-7-10-13-16-19-21-23-25-27-28-29-31-33-35-38-41-44-47-50-57(62)63-53(48-45-42-39-37-34-32-30-26-24-22-20-17-14-11-8-5-2)51-56(61)58-54(52-59)55(60)49-46-43-40-36-18-15-12-9-6-3/h16,19,23,25,53-55,59-60H,4-15,17-18,20-22,24,26-52H2,1-3H3,(H,58,61)/b19-16-,25-23-. The Bertz CT molecular complexity index is 997. The number of rotatable bonds is 51. The molecule has 6 nitrogen and oxygen atoms in total. The smallest absolute Gasteiger partial charge is 0.306 e. The Morgan fingerprint density at radius 3 is 1.24 bits per heavy atom. The first kappa shape index (κ1) is 61.3. The highest BCUT2D eigenvalue weighted by atomic mass is 16.5. The van der Waals surface area contributed by atoms with Crippen molar-refractivity contribution in [1.29, 1.82) is 0 Å². The molecular formula is C57H109NO5. The molecule has 3 N–H and O–H groups in total. The number of amides is 1. The lowest BCUT2D eigenvalue weighted by molar-refractivity contribution is -0.151. The first-order valence-corrected chi connectivity index (χ1v) is 28.1. The fourth-order valence-electron chi connectivity index (χ4n) is 8.76. The Morgan fingerprint density at radius 2 is 0.810 bits per heavy atom. The van der Waals surface area contributed by atoms with E-state index >= 15 is 0 Å². The number of nitrogens with one attached hydrogen (secondary N) is 1. The maximum absolute atomic E-state index is 13.2. The van der Waals surface area contributed by atoms with Gasteiger partial charge in [0.05, 0.1) is 25.2 Å². The second-order valence-corrected chi connectivity index (χ2v) is 19.3. The fourth-order valence-corrected chi connectivity index (χ4v) is 8.76. The van der Waals surface area contributed by atoms with Gasteiger partial charge in [0.1, 0.15) is 6.10 Å². The minimum atomic E-state index is -0.783. The number of ether oxygens (including phenoxy) is 1. The summed E-state index contributed by atoms with van der Waals surface area (Å²) in [6.07, 6.45) is 59.6.